The number of halogens is 3. The highest BCUT2D eigenvalue weighted by Gasteiger charge is 2.46. The van der Waals surface area contributed by atoms with E-state index in [9.17, 15) is 18.0 Å². The van der Waals surface area contributed by atoms with E-state index in [1.165, 1.54) is 25.1 Å². The van der Waals surface area contributed by atoms with Gasteiger partial charge in [-0.3, -0.25) is 0 Å². The molecule has 0 fully saturated rings. The second-order valence-corrected chi connectivity index (χ2v) is 3.66. The summed E-state index contributed by atoms with van der Waals surface area (Å²) in [5.74, 6) is -4.89. The number of carbonyl (C=O) groups is 1. The monoisotopic (exact) mass is 262 g/mol. The van der Waals surface area contributed by atoms with Crippen molar-refractivity contribution in [2.75, 3.05) is 0 Å². The predicted octanol–water partition coefficient (Wildman–Crippen LogP) is 2.95. The van der Waals surface area contributed by atoms with Gasteiger partial charge in [-0.2, -0.15) is 0 Å². The molecule has 0 bridgehead atoms. The van der Waals surface area contributed by atoms with Crippen LogP contribution in [-0.4, -0.2) is 23.6 Å². The normalized spacial score (nSPS) is 16.3. The molecular formula is C12H13F3O3. The summed E-state index contributed by atoms with van der Waals surface area (Å²) in [5.41, 5.74) is -0.403. The first-order chi connectivity index (χ1) is 8.41. The molecule has 0 aromatic heterocycles. The number of alkyl halides is 3. The molecule has 1 aromatic carbocycles. The van der Waals surface area contributed by atoms with Gasteiger partial charge in [-0.1, -0.05) is 37.3 Å². The maximum atomic E-state index is 14.2. The molecule has 0 saturated heterocycles. The van der Waals surface area contributed by atoms with E-state index in [1.54, 1.807) is 0 Å². The van der Waals surface area contributed by atoms with Crippen molar-refractivity contribution < 1.29 is 27.8 Å². The first-order valence-corrected chi connectivity index (χ1v) is 5.35. The van der Waals surface area contributed by atoms with Gasteiger partial charge in [0.15, 0.2) is 6.10 Å². The van der Waals surface area contributed by atoms with Crippen LogP contribution in [0.15, 0.2) is 30.3 Å². The van der Waals surface area contributed by atoms with E-state index in [0.717, 1.165) is 12.1 Å². The Kier molecular flexibility index (Phi) is 4.72. The average Bonchev–Trinajstić information content (AvgIpc) is 2.36. The Labute approximate surface area is 102 Å². The predicted molar refractivity (Wildman–Crippen MR) is 58.0 cm³/mol. The van der Waals surface area contributed by atoms with Gasteiger partial charge in [0.1, 0.15) is 0 Å². The van der Waals surface area contributed by atoms with Gasteiger partial charge in [-0.05, 0) is 6.42 Å². The maximum absolute atomic E-state index is 14.2. The summed E-state index contributed by atoms with van der Waals surface area (Å²) in [4.78, 5) is 10.7. The second kappa shape index (κ2) is 5.86. The minimum Gasteiger partial charge on any atom is -0.479 e. The van der Waals surface area contributed by atoms with Crippen molar-refractivity contribution in [3.63, 3.8) is 0 Å². The number of aliphatic carboxylic acids is 1. The quantitative estimate of drug-likeness (QED) is 0.857. The van der Waals surface area contributed by atoms with Crippen LogP contribution in [0.1, 0.15) is 18.9 Å². The molecule has 100 valence electrons. The van der Waals surface area contributed by atoms with Gasteiger partial charge in [0.05, 0.1) is 0 Å². The first kappa shape index (κ1) is 14.5. The summed E-state index contributed by atoms with van der Waals surface area (Å²) in [6.07, 6.45) is -5.21. The zero-order chi connectivity index (χ0) is 13.8. The molecule has 0 radical (unpaired) electrons. The number of rotatable bonds is 6. The zero-order valence-electron chi connectivity index (χ0n) is 9.65. The summed E-state index contributed by atoms with van der Waals surface area (Å²) in [7, 11) is 0. The van der Waals surface area contributed by atoms with Gasteiger partial charge >= 0.3 is 12.4 Å². The molecule has 1 aromatic rings. The number of benzene rings is 1. The highest BCUT2D eigenvalue weighted by molar-refractivity contribution is 5.72. The minimum atomic E-state index is -3.48. The molecule has 0 heterocycles. The molecule has 0 saturated carbocycles. The molecule has 1 rings (SSSR count). The Morgan fingerprint density at radius 3 is 2.33 bits per heavy atom. The van der Waals surface area contributed by atoms with E-state index in [-0.39, 0.29) is 6.42 Å². The lowest BCUT2D eigenvalue weighted by Crippen LogP contribution is -2.39. The molecule has 0 amide bonds. The third kappa shape index (κ3) is 3.01. The molecule has 1 N–H and O–H groups in total. The van der Waals surface area contributed by atoms with E-state index < -0.39 is 29.9 Å². The molecule has 18 heavy (non-hydrogen) atoms. The van der Waals surface area contributed by atoms with Crippen LogP contribution >= 0.6 is 0 Å². The third-order valence-corrected chi connectivity index (χ3v) is 2.41. The van der Waals surface area contributed by atoms with Crippen LogP contribution in [0.4, 0.5) is 13.2 Å². The second-order valence-electron chi connectivity index (χ2n) is 3.66. The van der Waals surface area contributed by atoms with Crippen LogP contribution in [0.2, 0.25) is 0 Å². The van der Waals surface area contributed by atoms with Crippen molar-refractivity contribution in [3.8, 4) is 0 Å². The van der Waals surface area contributed by atoms with Gasteiger partial charge in [0.25, 0.3) is 5.85 Å². The molecule has 3 nitrogen and oxygen atoms in total. The number of ether oxygens (including phenoxy) is 1. The van der Waals surface area contributed by atoms with Crippen LogP contribution in [0, 0.1) is 0 Å². The Morgan fingerprint density at radius 1 is 1.39 bits per heavy atom. The third-order valence-electron chi connectivity index (χ3n) is 2.41. The number of carboxylic acid groups (broad SMARTS) is 1. The largest absolute Gasteiger partial charge is 0.479 e. The van der Waals surface area contributed by atoms with Crippen LogP contribution < -0.4 is 0 Å². The van der Waals surface area contributed by atoms with Gasteiger partial charge in [0.2, 0.25) is 0 Å². The Bertz CT molecular complexity index is 397. The van der Waals surface area contributed by atoms with E-state index in [0.29, 0.717) is 0 Å². The van der Waals surface area contributed by atoms with Crippen molar-refractivity contribution in [2.45, 2.75) is 31.7 Å². The smallest absolute Gasteiger partial charge is 0.332 e. The van der Waals surface area contributed by atoms with Crippen molar-refractivity contribution in [1.29, 1.82) is 0 Å². The molecule has 2 unspecified atom stereocenters. The minimum absolute atomic E-state index is 0.111. The van der Waals surface area contributed by atoms with Gasteiger partial charge < -0.3 is 9.84 Å². The lowest BCUT2D eigenvalue weighted by molar-refractivity contribution is -0.254. The maximum Gasteiger partial charge on any atom is 0.332 e. The molecule has 0 spiro atoms. The summed E-state index contributed by atoms with van der Waals surface area (Å²) >= 11 is 0. The molecule has 0 aliphatic carbocycles. The summed E-state index contributed by atoms with van der Waals surface area (Å²) in [6.45, 7) is 1.41. The lowest BCUT2D eigenvalue weighted by atomic mass is 10.1. The standard InChI is InChI=1S/C12H13F3O3/c1-2-9(10(16)17)18-12(15,11(13)14)8-6-4-3-5-7-8/h3-7,9,11H,2H2,1H3,(H,16,17). The van der Waals surface area contributed by atoms with Gasteiger partial charge in [-0.15, -0.1) is 0 Å². The van der Waals surface area contributed by atoms with E-state index >= 15 is 0 Å². The van der Waals surface area contributed by atoms with Gasteiger partial charge in [-0.25, -0.2) is 18.0 Å². The van der Waals surface area contributed by atoms with Crippen molar-refractivity contribution >= 4 is 5.97 Å². The summed E-state index contributed by atoms with van der Waals surface area (Å²) in [6, 6.07) is 6.53. The first-order valence-electron chi connectivity index (χ1n) is 5.35. The summed E-state index contributed by atoms with van der Waals surface area (Å²) < 4.78 is 44.4. The molecular weight excluding hydrogens is 249 g/mol. The number of carboxylic acids is 1. The van der Waals surface area contributed by atoms with Crippen LogP contribution in [0.25, 0.3) is 0 Å². The number of hydrogen-bond donors (Lipinski definition) is 1. The van der Waals surface area contributed by atoms with E-state index in [2.05, 4.69) is 4.74 Å². The fraction of sp³-hybridized carbons (Fsp3) is 0.417. The average molecular weight is 262 g/mol. The fourth-order valence-corrected chi connectivity index (χ4v) is 1.43. The van der Waals surface area contributed by atoms with Crippen LogP contribution in [0.5, 0.6) is 0 Å². The highest BCUT2D eigenvalue weighted by Crippen LogP contribution is 2.35. The highest BCUT2D eigenvalue weighted by atomic mass is 19.3. The van der Waals surface area contributed by atoms with Crippen molar-refractivity contribution in [2.24, 2.45) is 0 Å². The molecule has 2 atom stereocenters. The van der Waals surface area contributed by atoms with Crippen LogP contribution in [0.3, 0.4) is 0 Å². The number of hydrogen-bond acceptors (Lipinski definition) is 2. The van der Waals surface area contributed by atoms with Crippen molar-refractivity contribution in [1.82, 2.24) is 0 Å². The molecule has 6 heteroatoms. The molecule has 0 aliphatic rings. The van der Waals surface area contributed by atoms with E-state index in [1.807, 2.05) is 0 Å². The molecule has 0 aliphatic heterocycles. The van der Waals surface area contributed by atoms with E-state index in [4.69, 9.17) is 5.11 Å². The Morgan fingerprint density at radius 2 is 1.94 bits per heavy atom. The van der Waals surface area contributed by atoms with Crippen LogP contribution in [-0.2, 0) is 15.4 Å². The fourth-order valence-electron chi connectivity index (χ4n) is 1.43. The topological polar surface area (TPSA) is 46.5 Å². The lowest BCUT2D eigenvalue weighted by Gasteiger charge is -2.28. The van der Waals surface area contributed by atoms with Gasteiger partial charge in [0, 0.05) is 5.56 Å². The zero-order valence-corrected chi connectivity index (χ0v) is 9.65. The summed E-state index contributed by atoms with van der Waals surface area (Å²) in [5, 5.41) is 8.73. The van der Waals surface area contributed by atoms with Crippen molar-refractivity contribution in [3.05, 3.63) is 35.9 Å². The Balaban J connectivity index is 3.05. The SMILES string of the molecule is CCC(OC(F)(c1ccccc1)C(F)F)C(=O)O. The Hall–Kier alpha value is -1.56.